The molecule has 3 N–H and O–H groups in total. The Morgan fingerprint density at radius 3 is 2.24 bits per heavy atom. The first-order chi connectivity index (χ1) is 10.0. The fraction of sp³-hybridized carbons (Fsp3) is 0.667. The molecule has 5 rings (SSSR count). The van der Waals surface area contributed by atoms with Crippen LogP contribution < -0.4 is 11.1 Å². The second-order valence-corrected chi connectivity index (χ2v) is 7.91. The third-order valence-corrected chi connectivity index (χ3v) is 6.25. The summed E-state index contributed by atoms with van der Waals surface area (Å²) in [6.45, 7) is 0. The Labute approximate surface area is 127 Å². The largest absolute Gasteiger partial charge is 0.364 e. The lowest BCUT2D eigenvalue weighted by atomic mass is 9.49. The van der Waals surface area contributed by atoms with Gasteiger partial charge in [0.15, 0.2) is 5.13 Å². The monoisotopic (exact) mass is 305 g/mol. The Morgan fingerprint density at radius 2 is 1.76 bits per heavy atom. The predicted octanol–water partition coefficient (Wildman–Crippen LogP) is 2.40. The molecule has 4 aliphatic rings. The molecule has 1 aromatic heterocycles. The lowest BCUT2D eigenvalue weighted by molar-refractivity contribution is -0.140. The zero-order chi connectivity index (χ0) is 14.6. The number of hydrogen-bond donors (Lipinski definition) is 2. The smallest absolute Gasteiger partial charge is 0.268 e. The van der Waals surface area contributed by atoms with E-state index in [-0.39, 0.29) is 17.0 Å². The van der Waals surface area contributed by atoms with Crippen molar-refractivity contribution in [1.82, 2.24) is 4.98 Å². The molecule has 0 aromatic carbocycles. The van der Waals surface area contributed by atoms with Crippen LogP contribution in [0, 0.1) is 23.2 Å². The van der Waals surface area contributed by atoms with Gasteiger partial charge in [0.1, 0.15) is 5.69 Å². The SMILES string of the molecule is NC(=O)c1csc(NC(=O)C23CC4CC(CC(C4)C2)C3)n1. The molecule has 4 saturated carbocycles. The molecule has 0 aliphatic heterocycles. The van der Waals surface area contributed by atoms with Gasteiger partial charge in [-0.3, -0.25) is 9.59 Å². The van der Waals surface area contributed by atoms with Gasteiger partial charge in [0, 0.05) is 5.38 Å². The summed E-state index contributed by atoms with van der Waals surface area (Å²) in [5.41, 5.74) is 5.23. The summed E-state index contributed by atoms with van der Waals surface area (Å²) in [4.78, 5) is 27.9. The number of thiazole rings is 1. The van der Waals surface area contributed by atoms with E-state index in [0.29, 0.717) is 5.13 Å². The molecular formula is C15H19N3O2S. The molecule has 1 aromatic rings. The second-order valence-electron chi connectivity index (χ2n) is 7.05. The first-order valence-corrected chi connectivity index (χ1v) is 8.49. The van der Waals surface area contributed by atoms with E-state index in [1.54, 1.807) is 5.38 Å². The van der Waals surface area contributed by atoms with Crippen LogP contribution in [0.5, 0.6) is 0 Å². The first kappa shape index (κ1) is 13.2. The Bertz CT molecular complexity index is 575. The number of nitrogens with two attached hydrogens (primary N) is 1. The zero-order valence-electron chi connectivity index (χ0n) is 11.8. The van der Waals surface area contributed by atoms with E-state index < -0.39 is 5.91 Å². The number of amides is 2. The van der Waals surface area contributed by atoms with Crippen LogP contribution in [0.3, 0.4) is 0 Å². The molecular weight excluding hydrogens is 286 g/mol. The van der Waals surface area contributed by atoms with Crippen molar-refractivity contribution in [3.05, 3.63) is 11.1 Å². The maximum atomic E-state index is 12.8. The van der Waals surface area contributed by atoms with E-state index in [4.69, 9.17) is 5.73 Å². The van der Waals surface area contributed by atoms with E-state index in [9.17, 15) is 9.59 Å². The van der Waals surface area contributed by atoms with Crippen LogP contribution in [-0.4, -0.2) is 16.8 Å². The van der Waals surface area contributed by atoms with Crippen LogP contribution in [0.2, 0.25) is 0 Å². The number of hydrogen-bond acceptors (Lipinski definition) is 4. The summed E-state index contributed by atoms with van der Waals surface area (Å²) in [7, 11) is 0. The third-order valence-electron chi connectivity index (χ3n) is 5.50. The summed E-state index contributed by atoms with van der Waals surface area (Å²) in [6, 6.07) is 0. The Balaban J connectivity index is 1.53. The van der Waals surface area contributed by atoms with Gasteiger partial charge >= 0.3 is 0 Å². The van der Waals surface area contributed by atoms with Gasteiger partial charge in [0.2, 0.25) is 5.91 Å². The molecule has 6 heteroatoms. The van der Waals surface area contributed by atoms with Crippen molar-refractivity contribution < 1.29 is 9.59 Å². The van der Waals surface area contributed by atoms with Gasteiger partial charge in [-0.1, -0.05) is 0 Å². The summed E-state index contributed by atoms with van der Waals surface area (Å²) in [6.07, 6.45) is 7.03. The summed E-state index contributed by atoms with van der Waals surface area (Å²) >= 11 is 1.27. The molecule has 4 aliphatic carbocycles. The molecule has 0 saturated heterocycles. The molecule has 5 nitrogen and oxygen atoms in total. The number of rotatable bonds is 3. The molecule has 1 heterocycles. The fourth-order valence-corrected chi connectivity index (χ4v) is 5.76. The van der Waals surface area contributed by atoms with Gasteiger partial charge in [0.05, 0.1) is 5.41 Å². The topological polar surface area (TPSA) is 85.1 Å². The number of aromatic nitrogens is 1. The number of carbonyl (C=O) groups is 2. The van der Waals surface area contributed by atoms with E-state index >= 15 is 0 Å². The van der Waals surface area contributed by atoms with Crippen LogP contribution in [-0.2, 0) is 4.79 Å². The van der Waals surface area contributed by atoms with Gasteiger partial charge < -0.3 is 11.1 Å². The molecule has 0 atom stereocenters. The van der Waals surface area contributed by atoms with Gasteiger partial charge in [-0.05, 0) is 56.3 Å². The van der Waals surface area contributed by atoms with E-state index in [0.717, 1.165) is 37.0 Å². The Morgan fingerprint density at radius 1 is 1.19 bits per heavy atom. The van der Waals surface area contributed by atoms with Gasteiger partial charge in [-0.15, -0.1) is 11.3 Å². The number of anilines is 1. The minimum absolute atomic E-state index is 0.104. The number of carbonyl (C=O) groups excluding carboxylic acids is 2. The van der Waals surface area contributed by atoms with Crippen molar-refractivity contribution >= 4 is 28.3 Å². The lowest BCUT2D eigenvalue weighted by Gasteiger charge is -2.55. The molecule has 2 amide bonds. The first-order valence-electron chi connectivity index (χ1n) is 7.61. The van der Waals surface area contributed by atoms with Crippen molar-refractivity contribution in [2.75, 3.05) is 5.32 Å². The molecule has 112 valence electrons. The van der Waals surface area contributed by atoms with Gasteiger partial charge in [0.25, 0.3) is 5.91 Å². The Kier molecular flexibility index (Phi) is 2.86. The van der Waals surface area contributed by atoms with Crippen LogP contribution in [0.25, 0.3) is 0 Å². The van der Waals surface area contributed by atoms with Gasteiger partial charge in [-0.25, -0.2) is 4.98 Å². The minimum Gasteiger partial charge on any atom is -0.364 e. The van der Waals surface area contributed by atoms with Crippen LogP contribution in [0.4, 0.5) is 5.13 Å². The highest BCUT2D eigenvalue weighted by atomic mass is 32.1. The number of nitrogens with zero attached hydrogens (tertiary/aromatic N) is 1. The Hall–Kier alpha value is -1.43. The van der Waals surface area contributed by atoms with E-state index in [1.807, 2.05) is 0 Å². The quantitative estimate of drug-likeness (QED) is 0.899. The van der Waals surface area contributed by atoms with Crippen LogP contribution in [0.1, 0.15) is 49.0 Å². The second kappa shape index (κ2) is 4.53. The summed E-state index contributed by atoms with van der Waals surface area (Å²) in [5.74, 6) is 1.76. The van der Waals surface area contributed by atoms with Crippen molar-refractivity contribution in [2.45, 2.75) is 38.5 Å². The normalized spacial score (nSPS) is 36.7. The third kappa shape index (κ3) is 2.16. The van der Waals surface area contributed by atoms with Crippen molar-refractivity contribution in [3.8, 4) is 0 Å². The highest BCUT2D eigenvalue weighted by molar-refractivity contribution is 7.14. The van der Waals surface area contributed by atoms with Crippen molar-refractivity contribution in [3.63, 3.8) is 0 Å². The summed E-state index contributed by atoms with van der Waals surface area (Å²) < 4.78 is 0. The molecule has 4 bridgehead atoms. The standard InChI is InChI=1S/C15H19N3O2S/c16-12(19)11-7-21-14(17-11)18-13(20)15-4-8-1-9(5-15)3-10(2-8)6-15/h7-10H,1-6H2,(H2,16,19)(H,17,18,20). The van der Waals surface area contributed by atoms with Gasteiger partial charge in [-0.2, -0.15) is 0 Å². The highest BCUT2D eigenvalue weighted by Gasteiger charge is 2.54. The van der Waals surface area contributed by atoms with E-state index in [2.05, 4.69) is 10.3 Å². The van der Waals surface area contributed by atoms with Crippen molar-refractivity contribution in [2.24, 2.45) is 28.9 Å². The number of primary amides is 1. The molecule has 0 spiro atoms. The van der Waals surface area contributed by atoms with E-state index in [1.165, 1.54) is 30.6 Å². The number of nitrogens with one attached hydrogen (secondary N) is 1. The average molecular weight is 305 g/mol. The molecule has 0 unspecified atom stereocenters. The van der Waals surface area contributed by atoms with Crippen molar-refractivity contribution in [1.29, 1.82) is 0 Å². The summed E-state index contributed by atoms with van der Waals surface area (Å²) in [5, 5.41) is 5.02. The predicted molar refractivity (Wildman–Crippen MR) is 79.9 cm³/mol. The molecule has 0 radical (unpaired) electrons. The fourth-order valence-electron chi connectivity index (χ4n) is 5.06. The highest BCUT2D eigenvalue weighted by Crippen LogP contribution is 2.60. The maximum Gasteiger partial charge on any atom is 0.268 e. The average Bonchev–Trinajstić information content (AvgIpc) is 2.85. The zero-order valence-corrected chi connectivity index (χ0v) is 12.6. The minimum atomic E-state index is -0.554. The van der Waals surface area contributed by atoms with Crippen LogP contribution in [0.15, 0.2) is 5.38 Å². The van der Waals surface area contributed by atoms with Crippen LogP contribution >= 0.6 is 11.3 Å². The molecule has 21 heavy (non-hydrogen) atoms. The maximum absolute atomic E-state index is 12.8. The molecule has 4 fully saturated rings. The lowest BCUT2D eigenvalue weighted by Crippen LogP contribution is -2.51.